The molecule has 1 heterocycles. The van der Waals surface area contributed by atoms with E-state index in [0.29, 0.717) is 0 Å². The quantitative estimate of drug-likeness (QED) is 0.653. The van der Waals surface area contributed by atoms with Gasteiger partial charge in [-0.05, 0) is 39.3 Å². The molecule has 0 radical (unpaired) electrons. The van der Waals surface area contributed by atoms with Gasteiger partial charge in [-0.25, -0.2) is 0 Å². The third kappa shape index (κ3) is 10.5. The second-order valence-electron chi connectivity index (χ2n) is 6.97. The second-order valence-corrected chi connectivity index (χ2v) is 6.97. The molecule has 1 aliphatic rings. The van der Waals surface area contributed by atoms with Crippen LogP contribution in [0.2, 0.25) is 0 Å². The van der Waals surface area contributed by atoms with Gasteiger partial charge in [-0.15, -0.1) is 0 Å². The molecule has 0 aromatic heterocycles. The molecule has 1 fully saturated rings. The van der Waals surface area contributed by atoms with Gasteiger partial charge in [0, 0.05) is 38.3 Å². The van der Waals surface area contributed by atoms with Gasteiger partial charge in [0.1, 0.15) is 0 Å². The number of aliphatic hydroxyl groups excluding tert-OH is 1. The number of nitrogens with zero attached hydrogens (tertiary/aromatic N) is 2. The Morgan fingerprint density at radius 1 is 1.00 bits per heavy atom. The lowest BCUT2D eigenvalue weighted by Gasteiger charge is -2.46. The fourth-order valence-electron chi connectivity index (χ4n) is 3.17. The molecule has 4 nitrogen and oxygen atoms in total. The first-order valence-electron chi connectivity index (χ1n) is 10.9. The largest absolute Gasteiger partial charge is 0.390 e. The van der Waals surface area contributed by atoms with Crippen molar-refractivity contribution in [2.75, 3.05) is 45.8 Å². The van der Waals surface area contributed by atoms with E-state index in [1.807, 2.05) is 13.8 Å². The van der Waals surface area contributed by atoms with Crippen LogP contribution in [0, 0.1) is 0 Å². The molecular formula is C21H49N3O. The maximum Gasteiger partial charge on any atom is 0.0847 e. The van der Waals surface area contributed by atoms with E-state index in [4.69, 9.17) is 0 Å². The smallest absolute Gasteiger partial charge is 0.0847 e. The summed E-state index contributed by atoms with van der Waals surface area (Å²) in [6.45, 7) is 24.3. The molecule has 0 bridgehead atoms. The van der Waals surface area contributed by atoms with Gasteiger partial charge in [0.15, 0.2) is 0 Å². The molecular weight excluding hydrogens is 310 g/mol. The monoisotopic (exact) mass is 359 g/mol. The Labute approximate surface area is 159 Å². The predicted octanol–water partition coefficient (Wildman–Crippen LogP) is 3.99. The first kappa shape index (κ1) is 27.1. The van der Waals surface area contributed by atoms with Crippen LogP contribution in [0.5, 0.6) is 0 Å². The van der Waals surface area contributed by atoms with Crippen molar-refractivity contribution < 1.29 is 5.11 Å². The molecule has 0 amide bonds. The van der Waals surface area contributed by atoms with Gasteiger partial charge in [-0.3, -0.25) is 9.80 Å². The molecule has 25 heavy (non-hydrogen) atoms. The molecule has 1 saturated heterocycles. The highest BCUT2D eigenvalue weighted by Crippen LogP contribution is 2.25. The Morgan fingerprint density at radius 2 is 1.44 bits per heavy atom. The summed E-state index contributed by atoms with van der Waals surface area (Å²) in [5.74, 6) is 0. The van der Waals surface area contributed by atoms with Crippen molar-refractivity contribution in [3.63, 3.8) is 0 Å². The average Bonchev–Trinajstić information content (AvgIpc) is 2.64. The molecule has 0 aliphatic carbocycles. The van der Waals surface area contributed by atoms with Crippen molar-refractivity contribution in [3.8, 4) is 0 Å². The zero-order chi connectivity index (χ0) is 19.7. The first-order chi connectivity index (χ1) is 12.0. The highest BCUT2D eigenvalue weighted by atomic mass is 16.3. The van der Waals surface area contributed by atoms with Crippen LogP contribution < -0.4 is 5.32 Å². The highest BCUT2D eigenvalue weighted by molar-refractivity contribution is 4.93. The standard InChI is InChI=1S/C16H35N3O.C3H8.C2H6/c1-5-10-19(11-6-2)16(4,7-3)15(20)14-18-12-8-17-9-13-18;1-3-2;1-2/h15,17,20H,5-14H2,1-4H3;3H2,1-2H3;1-2H3. The van der Waals surface area contributed by atoms with Gasteiger partial charge < -0.3 is 10.4 Å². The number of rotatable bonds is 9. The molecule has 4 heteroatoms. The van der Waals surface area contributed by atoms with Crippen molar-refractivity contribution in [3.05, 3.63) is 0 Å². The van der Waals surface area contributed by atoms with E-state index in [1.54, 1.807) is 0 Å². The third-order valence-corrected chi connectivity index (χ3v) is 4.78. The van der Waals surface area contributed by atoms with Crippen molar-refractivity contribution in [2.24, 2.45) is 0 Å². The van der Waals surface area contributed by atoms with E-state index < -0.39 is 0 Å². The lowest BCUT2D eigenvalue weighted by molar-refractivity contribution is -0.0418. The van der Waals surface area contributed by atoms with E-state index in [0.717, 1.165) is 65.1 Å². The topological polar surface area (TPSA) is 38.7 Å². The summed E-state index contributed by atoms with van der Waals surface area (Å²) < 4.78 is 0. The highest BCUT2D eigenvalue weighted by Gasteiger charge is 2.37. The summed E-state index contributed by atoms with van der Waals surface area (Å²) in [6.07, 6.45) is 4.27. The van der Waals surface area contributed by atoms with Gasteiger partial charge >= 0.3 is 0 Å². The summed E-state index contributed by atoms with van der Waals surface area (Å²) in [5, 5.41) is 14.2. The van der Waals surface area contributed by atoms with Crippen LogP contribution in [0.1, 0.15) is 81.1 Å². The zero-order valence-electron chi connectivity index (χ0n) is 18.7. The van der Waals surface area contributed by atoms with Crippen molar-refractivity contribution in [1.29, 1.82) is 0 Å². The fourth-order valence-corrected chi connectivity index (χ4v) is 3.17. The fraction of sp³-hybridized carbons (Fsp3) is 1.00. The van der Waals surface area contributed by atoms with Gasteiger partial charge in [-0.1, -0.05) is 54.9 Å². The molecule has 154 valence electrons. The molecule has 2 atom stereocenters. The molecule has 0 spiro atoms. The van der Waals surface area contributed by atoms with E-state index in [9.17, 15) is 5.11 Å². The Kier molecular flexibility index (Phi) is 18.7. The summed E-state index contributed by atoms with van der Waals surface area (Å²) in [5.41, 5.74) is -0.100. The van der Waals surface area contributed by atoms with Crippen molar-refractivity contribution >= 4 is 0 Å². The summed E-state index contributed by atoms with van der Waals surface area (Å²) in [6, 6.07) is 0. The maximum absolute atomic E-state index is 10.8. The molecule has 1 rings (SSSR count). The summed E-state index contributed by atoms with van der Waals surface area (Å²) in [7, 11) is 0. The Hall–Kier alpha value is -0.160. The zero-order valence-corrected chi connectivity index (χ0v) is 18.7. The van der Waals surface area contributed by atoms with Crippen molar-refractivity contribution in [2.45, 2.75) is 92.7 Å². The van der Waals surface area contributed by atoms with E-state index >= 15 is 0 Å². The van der Waals surface area contributed by atoms with Crippen LogP contribution in [-0.4, -0.2) is 72.4 Å². The Balaban J connectivity index is 0. The normalized spacial score (nSPS) is 18.5. The molecule has 0 aromatic rings. The van der Waals surface area contributed by atoms with Gasteiger partial charge in [0.25, 0.3) is 0 Å². The van der Waals surface area contributed by atoms with E-state index in [1.165, 1.54) is 6.42 Å². The average molecular weight is 360 g/mol. The molecule has 1 aliphatic heterocycles. The maximum atomic E-state index is 10.8. The van der Waals surface area contributed by atoms with Crippen LogP contribution in [0.3, 0.4) is 0 Å². The van der Waals surface area contributed by atoms with Crippen LogP contribution >= 0.6 is 0 Å². The number of β-amino-alcohol motifs (C(OH)–C–C–N with tert-alkyl or cyclic N) is 1. The SMILES string of the molecule is CC.CCC.CCCN(CCC)C(C)(CC)C(O)CN1CCNCC1. The number of piperazine rings is 1. The molecule has 2 unspecified atom stereocenters. The second kappa shape index (κ2) is 17.3. The van der Waals surface area contributed by atoms with Crippen molar-refractivity contribution in [1.82, 2.24) is 15.1 Å². The van der Waals surface area contributed by atoms with Crippen LogP contribution in [0.15, 0.2) is 0 Å². The number of hydrogen-bond donors (Lipinski definition) is 2. The number of aliphatic hydroxyl groups is 1. The lowest BCUT2D eigenvalue weighted by Crippen LogP contribution is -2.59. The Bertz CT molecular complexity index is 264. The van der Waals surface area contributed by atoms with Gasteiger partial charge in [0.05, 0.1) is 6.10 Å². The van der Waals surface area contributed by atoms with E-state index in [2.05, 4.69) is 56.7 Å². The van der Waals surface area contributed by atoms with Crippen LogP contribution in [-0.2, 0) is 0 Å². The molecule has 0 aromatic carbocycles. The molecule has 2 N–H and O–H groups in total. The van der Waals surface area contributed by atoms with Gasteiger partial charge in [-0.2, -0.15) is 0 Å². The van der Waals surface area contributed by atoms with Crippen LogP contribution in [0.4, 0.5) is 0 Å². The minimum absolute atomic E-state index is 0.100. The summed E-state index contributed by atoms with van der Waals surface area (Å²) in [4.78, 5) is 4.89. The minimum Gasteiger partial charge on any atom is -0.390 e. The van der Waals surface area contributed by atoms with Gasteiger partial charge in [0.2, 0.25) is 0 Å². The van der Waals surface area contributed by atoms with E-state index in [-0.39, 0.29) is 11.6 Å². The molecule has 0 saturated carbocycles. The third-order valence-electron chi connectivity index (χ3n) is 4.78. The summed E-state index contributed by atoms with van der Waals surface area (Å²) >= 11 is 0. The minimum atomic E-state index is -0.274. The van der Waals surface area contributed by atoms with Crippen LogP contribution in [0.25, 0.3) is 0 Å². The predicted molar refractivity (Wildman–Crippen MR) is 113 cm³/mol. The number of hydrogen-bond acceptors (Lipinski definition) is 4. The Morgan fingerprint density at radius 3 is 1.80 bits per heavy atom. The number of nitrogens with one attached hydrogen (secondary N) is 1. The lowest BCUT2D eigenvalue weighted by atomic mass is 9.88. The first-order valence-corrected chi connectivity index (χ1v) is 10.9.